The quantitative estimate of drug-likeness (QED) is 0.648. The summed E-state index contributed by atoms with van der Waals surface area (Å²) in [6, 6.07) is 0. The maximum Gasteiger partial charge on any atom is 0.411 e. The van der Waals surface area contributed by atoms with E-state index in [1.54, 1.807) is 6.92 Å². The van der Waals surface area contributed by atoms with Gasteiger partial charge in [-0.25, -0.2) is 4.99 Å². The molecule has 0 aliphatic carbocycles. The van der Waals surface area contributed by atoms with Gasteiger partial charge in [-0.15, -0.1) is 0 Å². The molecule has 0 amide bonds. The van der Waals surface area contributed by atoms with Crippen molar-refractivity contribution >= 4 is 5.96 Å². The number of halogens is 3. The molecule has 5 nitrogen and oxygen atoms in total. The van der Waals surface area contributed by atoms with Crippen molar-refractivity contribution in [1.29, 1.82) is 0 Å². The summed E-state index contributed by atoms with van der Waals surface area (Å²) in [5.41, 5.74) is 10.4. The van der Waals surface area contributed by atoms with Crippen molar-refractivity contribution in [3.63, 3.8) is 0 Å². The third-order valence-electron chi connectivity index (χ3n) is 1.64. The van der Waals surface area contributed by atoms with Crippen LogP contribution in [0.5, 0.6) is 0 Å². The molecule has 0 aromatic heterocycles. The lowest BCUT2D eigenvalue weighted by atomic mass is 10.1. The highest BCUT2D eigenvalue weighted by Gasteiger charge is 2.28. The normalized spacial score (nSPS) is 25.8. The Morgan fingerprint density at radius 2 is 2.19 bits per heavy atom. The monoisotopic (exact) mass is 238 g/mol. The summed E-state index contributed by atoms with van der Waals surface area (Å²) in [5, 5.41) is 2.57. The molecule has 1 unspecified atom stereocenters. The second-order valence-corrected chi connectivity index (χ2v) is 3.63. The molecule has 0 spiro atoms. The fourth-order valence-electron chi connectivity index (χ4n) is 1.23. The van der Waals surface area contributed by atoms with Crippen LogP contribution in [0.3, 0.4) is 0 Å². The van der Waals surface area contributed by atoms with Crippen LogP contribution in [0.1, 0.15) is 6.92 Å². The fraction of sp³-hybridized carbons (Fsp3) is 0.625. The number of hydrogen-bond donors (Lipinski definition) is 3. The highest BCUT2D eigenvalue weighted by atomic mass is 19.4. The van der Waals surface area contributed by atoms with Crippen molar-refractivity contribution in [2.24, 2.45) is 16.5 Å². The molecule has 16 heavy (non-hydrogen) atoms. The second-order valence-electron chi connectivity index (χ2n) is 3.63. The first-order valence-electron chi connectivity index (χ1n) is 4.45. The van der Waals surface area contributed by atoms with Crippen LogP contribution in [-0.2, 0) is 4.74 Å². The minimum Gasteiger partial charge on any atom is -0.370 e. The Morgan fingerprint density at radius 3 is 2.69 bits per heavy atom. The topological polar surface area (TPSA) is 85.7 Å². The molecule has 0 radical (unpaired) electrons. The molecular formula is C8H13F3N4O. The maximum atomic E-state index is 11.8. The van der Waals surface area contributed by atoms with Crippen LogP contribution in [0.4, 0.5) is 13.2 Å². The zero-order valence-electron chi connectivity index (χ0n) is 8.64. The third kappa shape index (κ3) is 4.49. The van der Waals surface area contributed by atoms with Crippen molar-refractivity contribution in [2.45, 2.75) is 18.8 Å². The Morgan fingerprint density at radius 1 is 1.56 bits per heavy atom. The van der Waals surface area contributed by atoms with E-state index in [-0.39, 0.29) is 12.6 Å². The lowest BCUT2D eigenvalue weighted by molar-refractivity contribution is -0.171. The molecule has 0 saturated carbocycles. The fourth-order valence-corrected chi connectivity index (χ4v) is 1.23. The Labute approximate surface area is 90.3 Å². The van der Waals surface area contributed by atoms with Crippen LogP contribution in [0.25, 0.3) is 0 Å². The van der Waals surface area contributed by atoms with E-state index >= 15 is 0 Å². The van der Waals surface area contributed by atoms with Crippen LogP contribution in [-0.4, -0.2) is 31.0 Å². The smallest absolute Gasteiger partial charge is 0.370 e. The summed E-state index contributed by atoms with van der Waals surface area (Å²) in [6.45, 7) is 0.0112. The average Bonchev–Trinajstić information content (AvgIpc) is 1.96. The molecule has 1 aliphatic heterocycles. The van der Waals surface area contributed by atoms with Crippen molar-refractivity contribution < 1.29 is 17.9 Å². The molecule has 0 fully saturated rings. The highest BCUT2D eigenvalue weighted by Crippen LogP contribution is 2.16. The van der Waals surface area contributed by atoms with Gasteiger partial charge in [-0.2, -0.15) is 13.2 Å². The van der Waals surface area contributed by atoms with Gasteiger partial charge < -0.3 is 21.5 Å². The number of nitrogens with one attached hydrogen (secondary N) is 1. The Bertz CT molecular complexity index is 322. The van der Waals surface area contributed by atoms with Gasteiger partial charge in [0.05, 0.1) is 6.61 Å². The average molecular weight is 238 g/mol. The van der Waals surface area contributed by atoms with Gasteiger partial charge in [-0.05, 0) is 13.0 Å². The lowest BCUT2D eigenvalue weighted by Gasteiger charge is -2.24. The zero-order valence-corrected chi connectivity index (χ0v) is 8.64. The molecular weight excluding hydrogens is 225 g/mol. The minimum atomic E-state index is -4.35. The number of alkyl halides is 3. The number of nitrogens with zero attached hydrogens (tertiary/aromatic N) is 1. The molecule has 0 aromatic rings. The van der Waals surface area contributed by atoms with Gasteiger partial charge in [0.15, 0.2) is 5.96 Å². The highest BCUT2D eigenvalue weighted by molar-refractivity contribution is 5.81. The van der Waals surface area contributed by atoms with E-state index in [1.165, 1.54) is 6.08 Å². The molecule has 1 aliphatic rings. The molecule has 1 heterocycles. The molecule has 92 valence electrons. The summed E-state index contributed by atoms with van der Waals surface area (Å²) < 4.78 is 39.9. The number of rotatable bonds is 3. The maximum absolute atomic E-state index is 11.8. The van der Waals surface area contributed by atoms with Crippen molar-refractivity contribution in [2.75, 3.05) is 13.2 Å². The first-order chi connectivity index (χ1) is 7.18. The largest absolute Gasteiger partial charge is 0.411 e. The van der Waals surface area contributed by atoms with Gasteiger partial charge >= 0.3 is 6.18 Å². The predicted molar refractivity (Wildman–Crippen MR) is 52.3 cm³/mol. The molecule has 0 bridgehead atoms. The Kier molecular flexibility index (Phi) is 3.44. The minimum absolute atomic E-state index is 0.0538. The first-order valence-corrected chi connectivity index (χ1v) is 4.45. The van der Waals surface area contributed by atoms with Crippen LogP contribution >= 0.6 is 0 Å². The first kappa shape index (κ1) is 12.8. The Hall–Kier alpha value is -1.28. The van der Waals surface area contributed by atoms with Crippen molar-refractivity contribution in [1.82, 2.24) is 5.32 Å². The van der Waals surface area contributed by atoms with Gasteiger partial charge in [-0.3, -0.25) is 0 Å². The van der Waals surface area contributed by atoms with Gasteiger partial charge in [0, 0.05) is 5.70 Å². The molecule has 1 rings (SSSR count). The van der Waals surface area contributed by atoms with E-state index in [4.69, 9.17) is 11.5 Å². The van der Waals surface area contributed by atoms with Gasteiger partial charge in [0.2, 0.25) is 0 Å². The molecule has 0 aromatic carbocycles. The predicted octanol–water partition coefficient (Wildman–Crippen LogP) is 0.0420. The van der Waals surface area contributed by atoms with Crippen molar-refractivity contribution in [3.8, 4) is 0 Å². The van der Waals surface area contributed by atoms with Crippen LogP contribution in [0.2, 0.25) is 0 Å². The van der Waals surface area contributed by atoms with Gasteiger partial charge in [-0.1, -0.05) is 0 Å². The van der Waals surface area contributed by atoms with Crippen molar-refractivity contribution in [3.05, 3.63) is 11.8 Å². The number of nitrogens with two attached hydrogens (primary N) is 2. The second kappa shape index (κ2) is 4.30. The van der Waals surface area contributed by atoms with E-state index in [9.17, 15) is 13.2 Å². The molecule has 8 heteroatoms. The summed E-state index contributed by atoms with van der Waals surface area (Å²) in [7, 11) is 0. The SMILES string of the molecule is CC1(N)C=C(COCC(F)(F)F)NC(N)=N1. The molecule has 5 N–H and O–H groups in total. The third-order valence-corrected chi connectivity index (χ3v) is 1.64. The van der Waals surface area contributed by atoms with Crippen LogP contribution in [0, 0.1) is 0 Å². The van der Waals surface area contributed by atoms with E-state index < -0.39 is 18.4 Å². The standard InChI is InChI=1S/C8H13F3N4O/c1-7(13)2-5(14-6(12)15-7)3-16-4-8(9,10)11/h2H,3-4,13H2,1H3,(H3,12,14,15). The van der Waals surface area contributed by atoms with Gasteiger partial charge in [0.25, 0.3) is 0 Å². The summed E-state index contributed by atoms with van der Waals surface area (Å²) in [6.07, 6.45) is -2.89. The van der Waals surface area contributed by atoms with Crippen LogP contribution < -0.4 is 16.8 Å². The molecule has 0 saturated heterocycles. The lowest BCUT2D eigenvalue weighted by Crippen LogP contribution is -2.45. The summed E-state index contributed by atoms with van der Waals surface area (Å²) in [5.74, 6) is 0.0538. The Balaban J connectivity index is 2.48. The number of hydrogen-bond acceptors (Lipinski definition) is 5. The zero-order chi connectivity index (χ0) is 12.4. The summed E-state index contributed by atoms with van der Waals surface area (Å²) >= 11 is 0. The molecule has 1 atom stereocenters. The van der Waals surface area contributed by atoms with Crippen LogP contribution in [0.15, 0.2) is 16.8 Å². The van der Waals surface area contributed by atoms with Gasteiger partial charge in [0.1, 0.15) is 12.3 Å². The van der Waals surface area contributed by atoms with E-state index in [1.807, 2.05) is 0 Å². The number of aliphatic imine (C=N–C) groups is 1. The number of guanidine groups is 1. The van der Waals surface area contributed by atoms with E-state index in [0.29, 0.717) is 5.70 Å². The number of ether oxygens (including phenoxy) is 1. The summed E-state index contributed by atoms with van der Waals surface area (Å²) in [4.78, 5) is 3.83. The van der Waals surface area contributed by atoms with E-state index in [0.717, 1.165) is 0 Å². The van der Waals surface area contributed by atoms with E-state index in [2.05, 4.69) is 15.0 Å².